The van der Waals surface area contributed by atoms with Crippen molar-refractivity contribution in [3.63, 3.8) is 0 Å². The van der Waals surface area contributed by atoms with Crippen LogP contribution in [0.4, 0.5) is 0 Å². The molecule has 0 atom stereocenters. The molecule has 1 aromatic heterocycles. The van der Waals surface area contributed by atoms with Gasteiger partial charge >= 0.3 is 5.97 Å². The number of pyridine rings is 1. The predicted octanol–water partition coefficient (Wildman–Crippen LogP) is 3.02. The lowest BCUT2D eigenvalue weighted by Crippen LogP contribution is -2.06. The van der Waals surface area contributed by atoms with Gasteiger partial charge in [0.05, 0.1) is 17.7 Å². The van der Waals surface area contributed by atoms with Crippen LogP contribution in [0.5, 0.6) is 0 Å². The molecule has 82 valence electrons. The maximum Gasteiger partial charge on any atom is 0.340 e. The Labute approximate surface area is 107 Å². The van der Waals surface area contributed by atoms with Crippen LogP contribution in [0.3, 0.4) is 0 Å². The van der Waals surface area contributed by atoms with Crippen LogP contribution in [-0.2, 0) is 4.74 Å². The molecule has 2 rings (SSSR count). The van der Waals surface area contributed by atoms with Gasteiger partial charge in [-0.1, -0.05) is 6.07 Å². The van der Waals surface area contributed by atoms with Crippen molar-refractivity contribution in [2.75, 3.05) is 6.61 Å². The van der Waals surface area contributed by atoms with Gasteiger partial charge in [0.1, 0.15) is 0 Å². The highest BCUT2D eigenvalue weighted by Crippen LogP contribution is 2.22. The van der Waals surface area contributed by atoms with E-state index in [1.807, 2.05) is 18.2 Å². The average Bonchev–Trinajstić information content (AvgIpc) is 2.30. The van der Waals surface area contributed by atoms with Gasteiger partial charge in [-0.15, -0.1) is 0 Å². The van der Waals surface area contributed by atoms with Gasteiger partial charge in [-0.05, 0) is 47.7 Å². The van der Waals surface area contributed by atoms with Gasteiger partial charge in [-0.3, -0.25) is 4.98 Å². The van der Waals surface area contributed by atoms with Crippen molar-refractivity contribution in [2.45, 2.75) is 6.92 Å². The Bertz CT molecular complexity index is 540. The van der Waals surface area contributed by atoms with E-state index >= 15 is 0 Å². The molecule has 2 aromatic rings. The van der Waals surface area contributed by atoms with E-state index in [0.717, 1.165) is 8.96 Å². The first-order valence-electron chi connectivity index (χ1n) is 4.94. The van der Waals surface area contributed by atoms with E-state index in [0.29, 0.717) is 17.7 Å². The minimum Gasteiger partial charge on any atom is -0.462 e. The number of rotatable bonds is 2. The minimum absolute atomic E-state index is 0.317. The molecule has 0 spiro atoms. The maximum absolute atomic E-state index is 11.7. The normalized spacial score (nSPS) is 10.4. The topological polar surface area (TPSA) is 39.2 Å². The number of hydrogen-bond donors (Lipinski definition) is 0. The van der Waals surface area contributed by atoms with Gasteiger partial charge in [0.25, 0.3) is 0 Å². The molecule has 1 aromatic carbocycles. The summed E-state index contributed by atoms with van der Waals surface area (Å²) in [6.45, 7) is 2.17. The molecule has 4 heteroatoms. The van der Waals surface area contributed by atoms with Crippen LogP contribution in [0.25, 0.3) is 10.9 Å². The lowest BCUT2D eigenvalue weighted by atomic mass is 10.1. The zero-order valence-electron chi connectivity index (χ0n) is 8.74. The van der Waals surface area contributed by atoms with Crippen LogP contribution in [0.1, 0.15) is 17.3 Å². The summed E-state index contributed by atoms with van der Waals surface area (Å²) in [5.74, 6) is -0.317. The van der Waals surface area contributed by atoms with Crippen molar-refractivity contribution in [1.29, 1.82) is 0 Å². The number of aromatic nitrogens is 1. The summed E-state index contributed by atoms with van der Waals surface area (Å²) in [5.41, 5.74) is 1.23. The van der Waals surface area contributed by atoms with E-state index in [9.17, 15) is 4.79 Å². The van der Waals surface area contributed by atoms with Crippen molar-refractivity contribution in [1.82, 2.24) is 4.98 Å². The first-order chi connectivity index (χ1) is 7.74. The van der Waals surface area contributed by atoms with Crippen molar-refractivity contribution >= 4 is 39.5 Å². The zero-order chi connectivity index (χ0) is 11.5. The van der Waals surface area contributed by atoms with Gasteiger partial charge < -0.3 is 4.74 Å². The van der Waals surface area contributed by atoms with E-state index in [2.05, 4.69) is 27.6 Å². The lowest BCUT2D eigenvalue weighted by molar-refractivity contribution is 0.0528. The zero-order valence-corrected chi connectivity index (χ0v) is 10.9. The monoisotopic (exact) mass is 327 g/mol. The third-order valence-electron chi connectivity index (χ3n) is 2.21. The summed E-state index contributed by atoms with van der Waals surface area (Å²) in [6, 6.07) is 7.47. The highest BCUT2D eigenvalue weighted by Gasteiger charge is 2.13. The molecule has 0 aliphatic heterocycles. The van der Waals surface area contributed by atoms with E-state index in [-0.39, 0.29) is 5.97 Å². The number of nitrogens with zero attached hydrogens (tertiary/aromatic N) is 1. The van der Waals surface area contributed by atoms with Crippen LogP contribution in [0.2, 0.25) is 0 Å². The molecule has 0 radical (unpaired) electrons. The molecule has 0 saturated heterocycles. The molecule has 0 N–H and O–H groups in total. The average molecular weight is 327 g/mol. The second kappa shape index (κ2) is 4.78. The molecule has 0 aliphatic carbocycles. The Balaban J connectivity index is 2.63. The number of esters is 1. The molecule has 0 fully saturated rings. The first-order valence-corrected chi connectivity index (χ1v) is 6.02. The standard InChI is InChI=1S/C12H10INO2/c1-2-16-12(15)9-5-6-10(13)8-4-3-7-14-11(8)9/h3-7H,2H2,1H3. The second-order valence-electron chi connectivity index (χ2n) is 3.21. The number of benzene rings is 1. The molecule has 0 aliphatic rings. The molecule has 0 amide bonds. The number of ether oxygens (including phenoxy) is 1. The van der Waals surface area contributed by atoms with Gasteiger partial charge in [-0.2, -0.15) is 0 Å². The Morgan fingerprint density at radius 3 is 3.00 bits per heavy atom. The summed E-state index contributed by atoms with van der Waals surface area (Å²) in [5, 5.41) is 0.980. The molecule has 0 saturated carbocycles. The molecule has 0 bridgehead atoms. The van der Waals surface area contributed by atoms with Crippen molar-refractivity contribution < 1.29 is 9.53 Å². The highest BCUT2D eigenvalue weighted by atomic mass is 127. The van der Waals surface area contributed by atoms with Crippen LogP contribution < -0.4 is 0 Å². The first kappa shape index (κ1) is 11.3. The Morgan fingerprint density at radius 1 is 1.44 bits per heavy atom. The quantitative estimate of drug-likeness (QED) is 0.629. The van der Waals surface area contributed by atoms with Gasteiger partial charge in [-0.25, -0.2) is 4.79 Å². The molecule has 0 unspecified atom stereocenters. The summed E-state index contributed by atoms with van der Waals surface area (Å²) in [7, 11) is 0. The van der Waals surface area contributed by atoms with Crippen LogP contribution in [-0.4, -0.2) is 17.6 Å². The van der Waals surface area contributed by atoms with Gasteiger partial charge in [0.2, 0.25) is 0 Å². The summed E-state index contributed by atoms with van der Waals surface area (Å²) < 4.78 is 6.07. The number of halogens is 1. The van der Waals surface area contributed by atoms with Gasteiger partial charge in [0, 0.05) is 15.2 Å². The van der Waals surface area contributed by atoms with E-state index in [1.165, 1.54) is 0 Å². The number of carbonyl (C=O) groups excluding carboxylic acids is 1. The minimum atomic E-state index is -0.317. The van der Waals surface area contributed by atoms with Crippen molar-refractivity contribution in [3.8, 4) is 0 Å². The Morgan fingerprint density at radius 2 is 2.25 bits per heavy atom. The van der Waals surface area contributed by atoms with E-state index < -0.39 is 0 Å². The second-order valence-corrected chi connectivity index (χ2v) is 4.38. The van der Waals surface area contributed by atoms with Crippen LogP contribution >= 0.6 is 22.6 Å². The van der Waals surface area contributed by atoms with Gasteiger partial charge in [0.15, 0.2) is 0 Å². The Kier molecular flexibility index (Phi) is 3.38. The third-order valence-corrected chi connectivity index (χ3v) is 3.15. The SMILES string of the molecule is CCOC(=O)c1ccc(I)c2cccnc12. The van der Waals surface area contributed by atoms with Crippen molar-refractivity contribution in [3.05, 3.63) is 39.6 Å². The number of fused-ring (bicyclic) bond motifs is 1. The molecule has 3 nitrogen and oxygen atoms in total. The largest absolute Gasteiger partial charge is 0.462 e. The molecule has 16 heavy (non-hydrogen) atoms. The molecule has 1 heterocycles. The van der Waals surface area contributed by atoms with Crippen molar-refractivity contribution in [2.24, 2.45) is 0 Å². The van der Waals surface area contributed by atoms with E-state index in [4.69, 9.17) is 4.74 Å². The Hall–Kier alpha value is -1.17. The van der Waals surface area contributed by atoms with E-state index in [1.54, 1.807) is 19.2 Å². The van der Waals surface area contributed by atoms with Crippen LogP contribution in [0, 0.1) is 3.57 Å². The predicted molar refractivity (Wildman–Crippen MR) is 70.4 cm³/mol. The fourth-order valence-corrected chi connectivity index (χ4v) is 2.13. The fourth-order valence-electron chi connectivity index (χ4n) is 1.51. The molecular formula is C12H10INO2. The fraction of sp³-hybridized carbons (Fsp3) is 0.167. The summed E-state index contributed by atoms with van der Waals surface area (Å²) >= 11 is 2.23. The number of carbonyl (C=O) groups is 1. The smallest absolute Gasteiger partial charge is 0.340 e. The molecular weight excluding hydrogens is 317 g/mol. The number of hydrogen-bond acceptors (Lipinski definition) is 3. The summed E-state index contributed by atoms with van der Waals surface area (Å²) in [6.07, 6.45) is 1.68. The third kappa shape index (κ3) is 2.02. The summed E-state index contributed by atoms with van der Waals surface area (Å²) in [4.78, 5) is 15.9. The lowest BCUT2D eigenvalue weighted by Gasteiger charge is -2.06. The highest BCUT2D eigenvalue weighted by molar-refractivity contribution is 14.1. The van der Waals surface area contributed by atoms with Crippen LogP contribution in [0.15, 0.2) is 30.5 Å². The maximum atomic E-state index is 11.7.